The first-order valence-corrected chi connectivity index (χ1v) is 7.70. The van der Waals surface area contributed by atoms with Gasteiger partial charge in [-0.3, -0.25) is 4.79 Å². The average Bonchev–Trinajstić information content (AvgIpc) is 2.37. The van der Waals surface area contributed by atoms with Crippen LogP contribution in [0.5, 0.6) is 0 Å². The van der Waals surface area contributed by atoms with Crippen LogP contribution in [-0.4, -0.2) is 28.8 Å². The lowest BCUT2D eigenvalue weighted by Gasteiger charge is -2.21. The van der Waals surface area contributed by atoms with E-state index in [9.17, 15) is 4.79 Å². The molecule has 2 rings (SSSR count). The minimum atomic E-state index is -0.0299. The summed E-state index contributed by atoms with van der Waals surface area (Å²) in [7, 11) is 0. The Balaban J connectivity index is 1.93. The Kier molecular flexibility index (Phi) is 5.26. The van der Waals surface area contributed by atoms with Gasteiger partial charge in [0.05, 0.1) is 0 Å². The molecule has 1 unspecified atom stereocenters. The van der Waals surface area contributed by atoms with Gasteiger partial charge in [-0.05, 0) is 38.3 Å². The smallest absolute Gasteiger partial charge is 0.251 e. The van der Waals surface area contributed by atoms with Crippen LogP contribution in [-0.2, 0) is 6.42 Å². The van der Waals surface area contributed by atoms with Gasteiger partial charge >= 0.3 is 0 Å². The molecule has 0 saturated carbocycles. The van der Waals surface area contributed by atoms with Gasteiger partial charge in [-0.2, -0.15) is 0 Å². The van der Waals surface area contributed by atoms with E-state index in [4.69, 9.17) is 0 Å². The Morgan fingerprint density at radius 3 is 3.17 bits per heavy atom. The molecule has 1 aromatic heterocycles. The van der Waals surface area contributed by atoms with Gasteiger partial charge in [0.25, 0.3) is 5.56 Å². The predicted molar refractivity (Wildman–Crippen MR) is 75.2 cm³/mol. The fraction of sp³-hybridized carbons (Fsp3) is 0.692. The number of rotatable bonds is 5. The van der Waals surface area contributed by atoms with Gasteiger partial charge in [0.2, 0.25) is 0 Å². The zero-order valence-corrected chi connectivity index (χ0v) is 11.7. The Morgan fingerprint density at radius 2 is 2.44 bits per heavy atom. The minimum Gasteiger partial charge on any atom is -0.316 e. The molecule has 100 valence electrons. The summed E-state index contributed by atoms with van der Waals surface area (Å²) in [5.41, 5.74) is 0.878. The number of aryl methyl sites for hydroxylation is 1. The number of nitrogens with one attached hydrogen (secondary N) is 2. The van der Waals surface area contributed by atoms with Crippen molar-refractivity contribution in [2.75, 3.05) is 18.8 Å². The largest absolute Gasteiger partial charge is 0.316 e. The highest BCUT2D eigenvalue weighted by atomic mass is 32.2. The van der Waals surface area contributed by atoms with Gasteiger partial charge in [-0.1, -0.05) is 25.1 Å². The lowest BCUT2D eigenvalue weighted by atomic mass is 10.0. The summed E-state index contributed by atoms with van der Waals surface area (Å²) >= 11 is 1.67. The Bertz CT molecular complexity index is 426. The van der Waals surface area contributed by atoms with Crippen molar-refractivity contribution in [1.29, 1.82) is 0 Å². The SMILES string of the molecule is CCCc1cc(=O)[nH]c(SCC2CCCNC2)n1. The molecule has 1 atom stereocenters. The van der Waals surface area contributed by atoms with E-state index in [1.54, 1.807) is 17.8 Å². The second-order valence-corrected chi connectivity index (χ2v) is 5.82. The molecule has 2 heterocycles. The van der Waals surface area contributed by atoms with E-state index >= 15 is 0 Å². The van der Waals surface area contributed by atoms with Gasteiger partial charge in [0, 0.05) is 17.5 Å². The Hall–Kier alpha value is -0.810. The third kappa shape index (κ3) is 4.14. The summed E-state index contributed by atoms with van der Waals surface area (Å²) in [6.45, 7) is 4.33. The molecule has 1 saturated heterocycles. The summed E-state index contributed by atoms with van der Waals surface area (Å²) in [4.78, 5) is 18.8. The first kappa shape index (κ1) is 13.6. The van der Waals surface area contributed by atoms with Gasteiger partial charge in [0.1, 0.15) is 0 Å². The number of piperidine rings is 1. The van der Waals surface area contributed by atoms with Gasteiger partial charge < -0.3 is 10.3 Å². The monoisotopic (exact) mass is 267 g/mol. The van der Waals surface area contributed by atoms with Crippen molar-refractivity contribution in [1.82, 2.24) is 15.3 Å². The molecule has 0 aromatic carbocycles. The van der Waals surface area contributed by atoms with E-state index in [0.717, 1.165) is 42.5 Å². The lowest BCUT2D eigenvalue weighted by molar-refractivity contribution is 0.410. The second kappa shape index (κ2) is 6.95. The molecule has 1 aliphatic heterocycles. The van der Waals surface area contributed by atoms with Crippen LogP contribution in [0.15, 0.2) is 16.0 Å². The van der Waals surface area contributed by atoms with Crippen LogP contribution in [0.2, 0.25) is 0 Å². The van der Waals surface area contributed by atoms with E-state index in [1.165, 1.54) is 12.8 Å². The molecule has 5 heteroatoms. The molecule has 4 nitrogen and oxygen atoms in total. The van der Waals surface area contributed by atoms with Crippen molar-refractivity contribution < 1.29 is 0 Å². The number of aromatic amines is 1. The van der Waals surface area contributed by atoms with E-state index in [2.05, 4.69) is 22.2 Å². The highest BCUT2D eigenvalue weighted by Crippen LogP contribution is 2.20. The third-order valence-corrected chi connectivity index (χ3v) is 4.24. The van der Waals surface area contributed by atoms with E-state index in [-0.39, 0.29) is 5.56 Å². The molecule has 1 fully saturated rings. The van der Waals surface area contributed by atoms with Gasteiger partial charge in [-0.25, -0.2) is 4.98 Å². The van der Waals surface area contributed by atoms with Crippen molar-refractivity contribution in [3.05, 3.63) is 22.1 Å². The summed E-state index contributed by atoms with van der Waals surface area (Å²) in [6, 6.07) is 1.61. The van der Waals surface area contributed by atoms with E-state index in [0.29, 0.717) is 5.92 Å². The zero-order chi connectivity index (χ0) is 12.8. The van der Waals surface area contributed by atoms with Crippen LogP contribution >= 0.6 is 11.8 Å². The van der Waals surface area contributed by atoms with Crippen LogP contribution in [0.25, 0.3) is 0 Å². The standard InChI is InChI=1S/C13H21N3OS/c1-2-4-11-7-12(17)16-13(15-11)18-9-10-5-3-6-14-8-10/h7,10,14H,2-6,8-9H2,1H3,(H,15,16,17). The zero-order valence-electron chi connectivity index (χ0n) is 10.9. The number of hydrogen-bond acceptors (Lipinski definition) is 4. The highest BCUT2D eigenvalue weighted by Gasteiger charge is 2.13. The van der Waals surface area contributed by atoms with Crippen molar-refractivity contribution in [2.24, 2.45) is 5.92 Å². The molecular formula is C13H21N3OS. The maximum atomic E-state index is 11.5. The van der Waals surface area contributed by atoms with Gasteiger partial charge in [0.15, 0.2) is 5.16 Å². The fourth-order valence-electron chi connectivity index (χ4n) is 2.20. The fourth-order valence-corrected chi connectivity index (χ4v) is 3.23. The van der Waals surface area contributed by atoms with Crippen LogP contribution in [0.3, 0.4) is 0 Å². The minimum absolute atomic E-state index is 0.0299. The van der Waals surface area contributed by atoms with Crippen LogP contribution in [0, 0.1) is 5.92 Å². The molecular weight excluding hydrogens is 246 g/mol. The van der Waals surface area contributed by atoms with Crippen LogP contribution < -0.4 is 10.9 Å². The lowest BCUT2D eigenvalue weighted by Crippen LogP contribution is -2.31. The van der Waals surface area contributed by atoms with E-state index < -0.39 is 0 Å². The molecule has 0 spiro atoms. The molecule has 18 heavy (non-hydrogen) atoms. The summed E-state index contributed by atoms with van der Waals surface area (Å²) in [5.74, 6) is 1.73. The first-order valence-electron chi connectivity index (χ1n) is 6.71. The number of thioether (sulfide) groups is 1. The summed E-state index contributed by atoms with van der Waals surface area (Å²) in [5, 5.41) is 4.18. The third-order valence-electron chi connectivity index (χ3n) is 3.13. The number of aromatic nitrogens is 2. The molecule has 2 N–H and O–H groups in total. The van der Waals surface area contributed by atoms with Gasteiger partial charge in [-0.15, -0.1) is 0 Å². The van der Waals surface area contributed by atoms with Crippen molar-refractivity contribution in [3.63, 3.8) is 0 Å². The van der Waals surface area contributed by atoms with Crippen LogP contribution in [0.1, 0.15) is 31.9 Å². The maximum Gasteiger partial charge on any atom is 0.251 e. The molecule has 0 aliphatic carbocycles. The number of nitrogens with zero attached hydrogens (tertiary/aromatic N) is 1. The Labute approximate surface area is 112 Å². The molecule has 0 bridgehead atoms. The van der Waals surface area contributed by atoms with Crippen molar-refractivity contribution >= 4 is 11.8 Å². The molecule has 1 aliphatic rings. The molecule has 0 radical (unpaired) electrons. The van der Waals surface area contributed by atoms with Crippen LogP contribution in [0.4, 0.5) is 0 Å². The number of hydrogen-bond donors (Lipinski definition) is 2. The quantitative estimate of drug-likeness (QED) is 0.631. The number of H-pyrrole nitrogens is 1. The average molecular weight is 267 g/mol. The summed E-state index contributed by atoms with van der Waals surface area (Å²) < 4.78 is 0. The van der Waals surface area contributed by atoms with E-state index in [1.807, 2.05) is 0 Å². The predicted octanol–water partition coefficient (Wildman–Crippen LogP) is 1.81. The normalized spacial score (nSPS) is 19.9. The highest BCUT2D eigenvalue weighted by molar-refractivity contribution is 7.99. The topological polar surface area (TPSA) is 57.8 Å². The maximum absolute atomic E-state index is 11.5. The summed E-state index contributed by atoms with van der Waals surface area (Å²) in [6.07, 6.45) is 4.43. The molecule has 0 amide bonds. The second-order valence-electron chi connectivity index (χ2n) is 4.82. The Morgan fingerprint density at radius 1 is 1.56 bits per heavy atom. The first-order chi connectivity index (χ1) is 8.78. The van der Waals surface area contributed by atoms with Crippen molar-refractivity contribution in [3.8, 4) is 0 Å². The molecule has 1 aromatic rings. The van der Waals surface area contributed by atoms with Crippen molar-refractivity contribution in [2.45, 2.75) is 37.8 Å².